The lowest BCUT2D eigenvalue weighted by molar-refractivity contribution is -0.127. The fourth-order valence-corrected chi connectivity index (χ4v) is 2.40. The monoisotopic (exact) mass is 280 g/mol. The van der Waals surface area contributed by atoms with E-state index >= 15 is 0 Å². The normalized spacial score (nSPS) is 19.6. The summed E-state index contributed by atoms with van der Waals surface area (Å²) in [6.07, 6.45) is 2.90. The third-order valence-electron chi connectivity index (χ3n) is 3.75. The Labute approximate surface area is 119 Å². The maximum absolute atomic E-state index is 12.1. The first-order valence-electron chi connectivity index (χ1n) is 6.74. The molecule has 2 unspecified atom stereocenters. The lowest BCUT2D eigenvalue weighted by Gasteiger charge is -2.25. The number of rotatable bonds is 5. The summed E-state index contributed by atoms with van der Waals surface area (Å²) in [5.74, 6) is 0.298. The fourth-order valence-electron chi connectivity index (χ4n) is 2.27. The topological polar surface area (TPSA) is 55.1 Å². The molecule has 2 atom stereocenters. The van der Waals surface area contributed by atoms with E-state index in [0.717, 1.165) is 29.8 Å². The second kappa shape index (κ2) is 5.51. The third kappa shape index (κ3) is 3.71. The van der Waals surface area contributed by atoms with E-state index in [1.54, 1.807) is 0 Å². The quantitative estimate of drug-likeness (QED) is 0.871. The van der Waals surface area contributed by atoms with Crippen LogP contribution in [0.5, 0.6) is 0 Å². The molecule has 1 fully saturated rings. The minimum absolute atomic E-state index is 0.0449. The van der Waals surface area contributed by atoms with Crippen molar-refractivity contribution < 1.29 is 4.79 Å². The molecule has 0 spiro atoms. The maximum atomic E-state index is 12.1. The Bertz CT molecular complexity index is 452. The van der Waals surface area contributed by atoms with Gasteiger partial charge in [0.1, 0.15) is 0 Å². The van der Waals surface area contributed by atoms with Gasteiger partial charge in [-0.1, -0.05) is 23.7 Å². The first-order chi connectivity index (χ1) is 8.89. The molecule has 1 amide bonds. The number of nitrogens with two attached hydrogens (primary N) is 1. The van der Waals surface area contributed by atoms with Crippen LogP contribution in [0.4, 0.5) is 0 Å². The molecular weight excluding hydrogens is 260 g/mol. The molecule has 3 N–H and O–H groups in total. The molecule has 0 aromatic heterocycles. The average Bonchev–Trinajstić information content (AvgIpc) is 3.16. The SMILES string of the molecule is CC(Cc1ccc(Cl)cc1)NC(=O)C(C)(N)C1CC1. The number of hydrogen-bond acceptors (Lipinski definition) is 2. The largest absolute Gasteiger partial charge is 0.352 e. The zero-order valence-corrected chi connectivity index (χ0v) is 12.2. The molecule has 0 heterocycles. The number of amides is 1. The van der Waals surface area contributed by atoms with Gasteiger partial charge in [0.25, 0.3) is 0 Å². The van der Waals surface area contributed by atoms with E-state index < -0.39 is 5.54 Å². The first-order valence-corrected chi connectivity index (χ1v) is 7.11. The van der Waals surface area contributed by atoms with E-state index in [1.165, 1.54) is 0 Å². The molecule has 1 aromatic rings. The van der Waals surface area contributed by atoms with Crippen molar-refractivity contribution in [2.24, 2.45) is 11.7 Å². The van der Waals surface area contributed by atoms with Crippen molar-refractivity contribution in [3.63, 3.8) is 0 Å². The molecule has 4 heteroatoms. The maximum Gasteiger partial charge on any atom is 0.240 e. The van der Waals surface area contributed by atoms with Gasteiger partial charge in [0, 0.05) is 11.1 Å². The van der Waals surface area contributed by atoms with Gasteiger partial charge < -0.3 is 11.1 Å². The average molecular weight is 281 g/mol. The van der Waals surface area contributed by atoms with Gasteiger partial charge in [0.2, 0.25) is 5.91 Å². The van der Waals surface area contributed by atoms with Crippen LogP contribution in [0.15, 0.2) is 24.3 Å². The van der Waals surface area contributed by atoms with Crippen LogP contribution in [0.1, 0.15) is 32.3 Å². The first kappa shape index (κ1) is 14.4. The minimum atomic E-state index is -0.728. The number of halogens is 1. The zero-order chi connectivity index (χ0) is 14.0. The molecule has 0 bridgehead atoms. The van der Waals surface area contributed by atoms with Gasteiger partial charge in [-0.2, -0.15) is 0 Å². The van der Waals surface area contributed by atoms with Crippen LogP contribution >= 0.6 is 11.6 Å². The van der Waals surface area contributed by atoms with Gasteiger partial charge in [-0.25, -0.2) is 0 Å². The summed E-state index contributed by atoms with van der Waals surface area (Å²) in [7, 11) is 0. The summed E-state index contributed by atoms with van der Waals surface area (Å²) in [5, 5.41) is 3.73. The summed E-state index contributed by atoms with van der Waals surface area (Å²) in [5.41, 5.74) is 6.52. The molecule has 1 saturated carbocycles. The highest BCUT2D eigenvalue weighted by molar-refractivity contribution is 6.30. The molecule has 0 radical (unpaired) electrons. The molecule has 104 valence electrons. The predicted octanol–water partition coefficient (Wildman–Crippen LogP) is 2.51. The van der Waals surface area contributed by atoms with Crippen LogP contribution in [-0.4, -0.2) is 17.5 Å². The van der Waals surface area contributed by atoms with Gasteiger partial charge in [0.15, 0.2) is 0 Å². The van der Waals surface area contributed by atoms with Crippen LogP contribution in [0.2, 0.25) is 5.02 Å². The Hall–Kier alpha value is -1.06. The summed E-state index contributed by atoms with van der Waals surface area (Å²) < 4.78 is 0. The van der Waals surface area contributed by atoms with Crippen molar-refractivity contribution in [2.45, 2.75) is 44.7 Å². The minimum Gasteiger partial charge on any atom is -0.352 e. The predicted molar refractivity (Wildman–Crippen MR) is 78.1 cm³/mol. The standard InChI is InChI=1S/C15H21ClN2O/c1-10(9-11-3-7-13(16)8-4-11)18-14(19)15(2,17)12-5-6-12/h3-4,7-8,10,12H,5-6,9,17H2,1-2H3,(H,18,19). The van der Waals surface area contributed by atoms with Crippen molar-refractivity contribution in [1.82, 2.24) is 5.32 Å². The van der Waals surface area contributed by atoms with Crippen molar-refractivity contribution in [3.05, 3.63) is 34.9 Å². The van der Waals surface area contributed by atoms with Gasteiger partial charge >= 0.3 is 0 Å². The van der Waals surface area contributed by atoms with Crippen molar-refractivity contribution in [2.75, 3.05) is 0 Å². The van der Waals surface area contributed by atoms with E-state index in [-0.39, 0.29) is 11.9 Å². The summed E-state index contributed by atoms with van der Waals surface area (Å²) in [4.78, 5) is 12.1. The van der Waals surface area contributed by atoms with Crippen LogP contribution in [0.3, 0.4) is 0 Å². The highest BCUT2D eigenvalue weighted by Gasteiger charge is 2.44. The molecule has 2 rings (SSSR count). The Kier molecular flexibility index (Phi) is 4.16. The molecule has 1 aliphatic rings. The van der Waals surface area contributed by atoms with Crippen LogP contribution in [0, 0.1) is 5.92 Å². The second-order valence-corrected chi connectivity index (χ2v) is 6.20. The summed E-state index contributed by atoms with van der Waals surface area (Å²) >= 11 is 5.85. The molecule has 1 aromatic carbocycles. The lowest BCUT2D eigenvalue weighted by Crippen LogP contribution is -2.55. The molecule has 3 nitrogen and oxygen atoms in total. The Balaban J connectivity index is 1.88. The van der Waals surface area contributed by atoms with E-state index in [2.05, 4.69) is 5.32 Å². The number of hydrogen-bond donors (Lipinski definition) is 2. The zero-order valence-electron chi connectivity index (χ0n) is 11.4. The van der Waals surface area contributed by atoms with Crippen LogP contribution < -0.4 is 11.1 Å². The second-order valence-electron chi connectivity index (χ2n) is 5.76. The van der Waals surface area contributed by atoms with Gasteiger partial charge in [-0.3, -0.25) is 4.79 Å². The van der Waals surface area contributed by atoms with E-state index in [1.807, 2.05) is 38.1 Å². The van der Waals surface area contributed by atoms with Crippen molar-refractivity contribution >= 4 is 17.5 Å². The number of benzene rings is 1. The van der Waals surface area contributed by atoms with Gasteiger partial charge in [0.05, 0.1) is 5.54 Å². The number of nitrogens with one attached hydrogen (secondary N) is 1. The smallest absolute Gasteiger partial charge is 0.240 e. The van der Waals surface area contributed by atoms with E-state index in [0.29, 0.717) is 5.92 Å². The summed E-state index contributed by atoms with van der Waals surface area (Å²) in [6.45, 7) is 3.82. The number of carbonyl (C=O) groups is 1. The lowest BCUT2D eigenvalue weighted by atomic mass is 9.95. The van der Waals surface area contributed by atoms with Gasteiger partial charge in [-0.15, -0.1) is 0 Å². The van der Waals surface area contributed by atoms with Crippen LogP contribution in [0.25, 0.3) is 0 Å². The van der Waals surface area contributed by atoms with Gasteiger partial charge in [-0.05, 0) is 56.7 Å². The molecular formula is C15H21ClN2O. The highest BCUT2D eigenvalue weighted by Crippen LogP contribution is 2.38. The van der Waals surface area contributed by atoms with Crippen molar-refractivity contribution in [1.29, 1.82) is 0 Å². The third-order valence-corrected chi connectivity index (χ3v) is 4.00. The Morgan fingerprint density at radius 3 is 2.58 bits per heavy atom. The van der Waals surface area contributed by atoms with E-state index in [4.69, 9.17) is 17.3 Å². The Morgan fingerprint density at radius 2 is 2.05 bits per heavy atom. The Morgan fingerprint density at radius 1 is 1.47 bits per heavy atom. The fraction of sp³-hybridized carbons (Fsp3) is 0.533. The molecule has 1 aliphatic carbocycles. The molecule has 0 aliphatic heterocycles. The van der Waals surface area contributed by atoms with Crippen molar-refractivity contribution in [3.8, 4) is 0 Å². The van der Waals surface area contributed by atoms with Crippen LogP contribution in [-0.2, 0) is 11.2 Å². The summed E-state index contributed by atoms with van der Waals surface area (Å²) in [6, 6.07) is 7.75. The number of carbonyl (C=O) groups excluding carboxylic acids is 1. The molecule has 0 saturated heterocycles. The van der Waals surface area contributed by atoms with E-state index in [9.17, 15) is 4.79 Å². The molecule has 19 heavy (non-hydrogen) atoms. The highest BCUT2D eigenvalue weighted by atomic mass is 35.5.